The van der Waals surface area contributed by atoms with E-state index in [1.54, 1.807) is 0 Å². The maximum absolute atomic E-state index is 12.4. The number of ketones is 1. The van der Waals surface area contributed by atoms with Crippen LogP contribution in [-0.2, 0) is 0 Å². The predicted molar refractivity (Wildman–Crippen MR) is 97.5 cm³/mol. The first-order valence-electron chi connectivity index (χ1n) is 7.76. The Morgan fingerprint density at radius 1 is 0.696 bits per heavy atom. The van der Waals surface area contributed by atoms with Crippen LogP contribution in [0.5, 0.6) is 0 Å². The fourth-order valence-electron chi connectivity index (χ4n) is 2.64. The van der Waals surface area contributed by atoms with Crippen LogP contribution in [0.25, 0.3) is 0 Å². The molecule has 114 valence electrons. The molecule has 0 radical (unpaired) electrons. The first-order chi connectivity index (χ1) is 11.3. The summed E-state index contributed by atoms with van der Waals surface area (Å²) in [6.45, 7) is 0. The van der Waals surface area contributed by atoms with Crippen molar-refractivity contribution >= 4 is 21.5 Å². The zero-order valence-corrected chi connectivity index (χ0v) is 15.0. The molecule has 3 aromatic rings. The van der Waals surface area contributed by atoms with Gasteiger partial charge in [-0.1, -0.05) is 0 Å². The third-order valence-electron chi connectivity index (χ3n) is 3.83. The summed E-state index contributed by atoms with van der Waals surface area (Å²) in [6, 6.07) is 30.7. The number of carbonyl (C=O) groups excluding carboxylic acids is 1. The molecule has 0 aliphatic rings. The first kappa shape index (κ1) is 15.8. The molecule has 0 saturated heterocycles. The maximum atomic E-state index is 12.4. The van der Waals surface area contributed by atoms with Gasteiger partial charge in [-0.3, -0.25) is 0 Å². The zero-order valence-electron chi connectivity index (χ0n) is 12.9. The third kappa shape index (κ3) is 4.21. The van der Waals surface area contributed by atoms with Gasteiger partial charge in [-0.05, 0) is 0 Å². The zero-order chi connectivity index (χ0) is 15.9. The van der Waals surface area contributed by atoms with Gasteiger partial charge in [-0.15, -0.1) is 0 Å². The Morgan fingerprint density at radius 2 is 1.13 bits per heavy atom. The van der Waals surface area contributed by atoms with Crippen molar-refractivity contribution in [3.63, 3.8) is 0 Å². The van der Waals surface area contributed by atoms with Crippen LogP contribution in [0.3, 0.4) is 0 Å². The Morgan fingerprint density at radius 3 is 1.61 bits per heavy atom. The Kier molecular flexibility index (Phi) is 5.45. The van der Waals surface area contributed by atoms with E-state index >= 15 is 0 Å². The van der Waals surface area contributed by atoms with Crippen molar-refractivity contribution in [2.24, 2.45) is 0 Å². The molecule has 1 unspecified atom stereocenters. The quantitative estimate of drug-likeness (QED) is 0.466. The second kappa shape index (κ2) is 7.94. The second-order valence-electron chi connectivity index (χ2n) is 5.42. The van der Waals surface area contributed by atoms with Crippen molar-refractivity contribution < 1.29 is 4.79 Å². The normalized spacial score (nSPS) is 11.2. The fourth-order valence-corrected chi connectivity index (χ4v) is 5.68. The predicted octanol–water partition coefficient (Wildman–Crippen LogP) is 4.51. The van der Waals surface area contributed by atoms with E-state index in [-0.39, 0.29) is 5.78 Å². The number of hydrogen-bond acceptors (Lipinski definition) is 1. The van der Waals surface area contributed by atoms with Crippen LogP contribution in [-0.4, -0.2) is 21.5 Å². The van der Waals surface area contributed by atoms with Crippen molar-refractivity contribution in [3.05, 3.63) is 108 Å². The molecule has 0 fully saturated rings. The van der Waals surface area contributed by atoms with Gasteiger partial charge in [0.15, 0.2) is 0 Å². The van der Waals surface area contributed by atoms with Crippen molar-refractivity contribution in [2.75, 3.05) is 0 Å². The molecular weight excluding hydrogens is 343 g/mol. The van der Waals surface area contributed by atoms with Gasteiger partial charge in [0.2, 0.25) is 0 Å². The number of hydrogen-bond donors (Lipinski definition) is 0. The number of carbonyl (C=O) groups is 1. The molecule has 0 heterocycles. The Labute approximate surface area is 144 Å². The molecule has 0 bridgehead atoms. The molecule has 0 N–H and O–H groups in total. The van der Waals surface area contributed by atoms with E-state index in [1.807, 2.05) is 42.5 Å². The van der Waals surface area contributed by atoms with Gasteiger partial charge < -0.3 is 0 Å². The topological polar surface area (TPSA) is 17.1 Å². The minimum absolute atomic E-state index is 0.266. The molecular formula is C21H19AsO. The van der Waals surface area contributed by atoms with Gasteiger partial charge in [-0.2, -0.15) is 0 Å². The van der Waals surface area contributed by atoms with Crippen molar-refractivity contribution in [1.82, 2.24) is 0 Å². The van der Waals surface area contributed by atoms with E-state index in [9.17, 15) is 4.79 Å². The summed E-state index contributed by atoms with van der Waals surface area (Å²) in [7, 11) is 0. The van der Waals surface area contributed by atoms with E-state index in [4.69, 9.17) is 0 Å². The van der Waals surface area contributed by atoms with Crippen molar-refractivity contribution in [1.29, 1.82) is 0 Å². The van der Waals surface area contributed by atoms with Crippen LogP contribution in [0.2, 0.25) is 5.21 Å². The van der Waals surface area contributed by atoms with Gasteiger partial charge >= 0.3 is 144 Å². The van der Waals surface area contributed by atoms with E-state index in [0.717, 1.165) is 5.56 Å². The summed E-state index contributed by atoms with van der Waals surface area (Å²) in [5.41, 5.74) is 3.47. The standard InChI is InChI=1S/C21H19AsO/c23-20(17-10-4-1-5-11-17)16-22-21(18-12-6-2-7-13-18)19-14-8-3-9-15-19/h1-15,21-22H,16H2. The van der Waals surface area contributed by atoms with Crippen LogP contribution in [0, 0.1) is 0 Å². The fraction of sp³-hybridized carbons (Fsp3) is 0.0952. The van der Waals surface area contributed by atoms with Gasteiger partial charge in [-0.25, -0.2) is 0 Å². The minimum atomic E-state index is -0.469. The monoisotopic (exact) mass is 362 g/mol. The van der Waals surface area contributed by atoms with Crippen molar-refractivity contribution in [3.8, 4) is 0 Å². The molecule has 3 aromatic carbocycles. The second-order valence-corrected chi connectivity index (χ2v) is 8.23. The van der Waals surface area contributed by atoms with Crippen LogP contribution in [0.1, 0.15) is 26.2 Å². The van der Waals surface area contributed by atoms with Crippen LogP contribution in [0.15, 0.2) is 91.0 Å². The molecule has 2 heteroatoms. The number of Topliss-reactive ketones (excluding diaryl/α,β-unsaturated/α-hetero) is 1. The number of benzene rings is 3. The summed E-state index contributed by atoms with van der Waals surface area (Å²) < 4.78 is 0.380. The van der Waals surface area contributed by atoms with Gasteiger partial charge in [0.05, 0.1) is 0 Å². The summed E-state index contributed by atoms with van der Waals surface area (Å²) >= 11 is -0.469. The summed E-state index contributed by atoms with van der Waals surface area (Å²) in [6.07, 6.45) is 0. The Bertz CT molecular complexity index is 699. The molecule has 0 aliphatic heterocycles. The third-order valence-corrected chi connectivity index (χ3v) is 7.19. The molecule has 0 amide bonds. The van der Waals surface area contributed by atoms with E-state index < -0.39 is 15.8 Å². The average Bonchev–Trinajstić information content (AvgIpc) is 2.64. The summed E-state index contributed by atoms with van der Waals surface area (Å²) in [5.74, 6) is 0.266. The Hall–Kier alpha value is -2.11. The van der Waals surface area contributed by atoms with Crippen LogP contribution in [0.4, 0.5) is 0 Å². The summed E-state index contributed by atoms with van der Waals surface area (Å²) in [5, 5.41) is 0.679. The van der Waals surface area contributed by atoms with E-state index in [0.29, 0.717) is 9.91 Å². The van der Waals surface area contributed by atoms with Gasteiger partial charge in [0.25, 0.3) is 0 Å². The Balaban J connectivity index is 1.79. The molecule has 1 nitrogen and oxygen atoms in total. The van der Waals surface area contributed by atoms with Crippen LogP contribution >= 0.6 is 0 Å². The molecule has 1 atom stereocenters. The number of rotatable bonds is 6. The van der Waals surface area contributed by atoms with E-state index in [2.05, 4.69) is 48.5 Å². The van der Waals surface area contributed by atoms with Gasteiger partial charge in [0.1, 0.15) is 0 Å². The molecule has 0 aromatic heterocycles. The van der Waals surface area contributed by atoms with Crippen molar-refractivity contribution in [2.45, 2.75) is 9.91 Å². The summed E-state index contributed by atoms with van der Waals surface area (Å²) in [4.78, 5) is 12.4. The molecule has 23 heavy (non-hydrogen) atoms. The molecule has 0 spiro atoms. The molecule has 0 aliphatic carbocycles. The van der Waals surface area contributed by atoms with Gasteiger partial charge in [0, 0.05) is 0 Å². The SMILES string of the molecule is O=C(C[AsH]C(c1ccccc1)c1ccccc1)c1ccccc1. The molecule has 0 saturated carbocycles. The first-order valence-corrected chi connectivity index (χ1v) is 10.5. The molecule has 3 rings (SSSR count). The van der Waals surface area contributed by atoms with E-state index in [1.165, 1.54) is 11.1 Å². The van der Waals surface area contributed by atoms with Crippen LogP contribution < -0.4 is 0 Å². The average molecular weight is 362 g/mol.